The Bertz CT molecular complexity index is 652. The molecular formula is C14H16FN5O. The normalized spacial score (nSPS) is 16.3. The number of halogens is 1. The van der Waals surface area contributed by atoms with E-state index in [1.54, 1.807) is 36.0 Å². The first-order chi connectivity index (χ1) is 10.1. The average molecular weight is 289 g/mol. The van der Waals surface area contributed by atoms with Gasteiger partial charge in [-0.2, -0.15) is 0 Å². The third-order valence-corrected chi connectivity index (χ3v) is 3.60. The maximum atomic E-state index is 13.7. The minimum absolute atomic E-state index is 0.241. The maximum absolute atomic E-state index is 13.7. The molecule has 1 fully saturated rings. The smallest absolute Gasteiger partial charge is 0.273 e. The van der Waals surface area contributed by atoms with Crippen molar-refractivity contribution in [3.8, 4) is 0 Å². The van der Waals surface area contributed by atoms with Crippen LogP contribution in [0.2, 0.25) is 0 Å². The fraction of sp³-hybridized carbons (Fsp3) is 0.357. The molecule has 1 aliphatic heterocycles. The Morgan fingerprint density at radius 1 is 1.48 bits per heavy atom. The molecule has 3 rings (SSSR count). The van der Waals surface area contributed by atoms with E-state index in [1.807, 2.05) is 0 Å². The highest BCUT2D eigenvalue weighted by Crippen LogP contribution is 2.16. The van der Waals surface area contributed by atoms with Gasteiger partial charge < -0.3 is 10.6 Å². The molecule has 1 unspecified atom stereocenters. The van der Waals surface area contributed by atoms with Crippen molar-refractivity contribution < 1.29 is 9.18 Å². The summed E-state index contributed by atoms with van der Waals surface area (Å²) in [5.74, 6) is -0.696. The van der Waals surface area contributed by atoms with Crippen LogP contribution in [0.15, 0.2) is 30.5 Å². The van der Waals surface area contributed by atoms with Crippen molar-refractivity contribution in [1.29, 1.82) is 0 Å². The lowest BCUT2D eigenvalue weighted by Crippen LogP contribution is -2.43. The van der Waals surface area contributed by atoms with E-state index in [4.69, 9.17) is 0 Å². The van der Waals surface area contributed by atoms with Gasteiger partial charge in [0.05, 0.1) is 18.3 Å². The summed E-state index contributed by atoms with van der Waals surface area (Å²) in [6.45, 7) is 3.39. The first-order valence-corrected chi connectivity index (χ1v) is 6.83. The highest BCUT2D eigenvalue weighted by Gasteiger charge is 2.22. The standard InChI is InChI=1S/C14H16FN5O/c1-9(11-4-2-3-5-12(11)15)17-14(21)13-8-20(19-18-13)10-6-16-7-10/h2-5,8-10,16H,6-7H2,1H3,(H,17,21). The monoisotopic (exact) mass is 289 g/mol. The molecule has 2 aromatic rings. The van der Waals surface area contributed by atoms with Crippen LogP contribution in [-0.2, 0) is 0 Å². The van der Waals surface area contributed by atoms with Crippen LogP contribution in [-0.4, -0.2) is 34.0 Å². The van der Waals surface area contributed by atoms with Gasteiger partial charge in [-0.15, -0.1) is 5.10 Å². The molecule has 1 atom stereocenters. The molecular weight excluding hydrogens is 273 g/mol. The summed E-state index contributed by atoms with van der Waals surface area (Å²) in [6.07, 6.45) is 1.62. The number of nitrogens with zero attached hydrogens (tertiary/aromatic N) is 3. The lowest BCUT2D eigenvalue weighted by Gasteiger charge is -2.26. The second-order valence-electron chi connectivity index (χ2n) is 5.11. The maximum Gasteiger partial charge on any atom is 0.273 e. The van der Waals surface area contributed by atoms with E-state index in [9.17, 15) is 9.18 Å². The third kappa shape index (κ3) is 2.78. The van der Waals surface area contributed by atoms with Crippen molar-refractivity contribution in [1.82, 2.24) is 25.6 Å². The number of carbonyl (C=O) groups excluding carboxylic acids is 1. The quantitative estimate of drug-likeness (QED) is 0.882. The minimum atomic E-state index is -0.436. The van der Waals surface area contributed by atoms with E-state index in [0.29, 0.717) is 5.56 Å². The van der Waals surface area contributed by atoms with Crippen LogP contribution in [0.5, 0.6) is 0 Å². The van der Waals surface area contributed by atoms with Crippen LogP contribution in [0.3, 0.4) is 0 Å². The van der Waals surface area contributed by atoms with Crippen molar-refractivity contribution in [2.75, 3.05) is 13.1 Å². The van der Waals surface area contributed by atoms with Crippen molar-refractivity contribution in [3.63, 3.8) is 0 Å². The fourth-order valence-corrected chi connectivity index (χ4v) is 2.19. The minimum Gasteiger partial charge on any atom is -0.344 e. The predicted octanol–water partition coefficient (Wildman–Crippen LogP) is 1.05. The molecule has 1 saturated heterocycles. The summed E-state index contributed by atoms with van der Waals surface area (Å²) in [5.41, 5.74) is 0.687. The molecule has 7 heteroatoms. The molecule has 0 spiro atoms. The van der Waals surface area contributed by atoms with Gasteiger partial charge in [0.25, 0.3) is 5.91 Å². The van der Waals surface area contributed by atoms with Gasteiger partial charge in [0.1, 0.15) is 5.82 Å². The molecule has 0 bridgehead atoms. The summed E-state index contributed by atoms with van der Waals surface area (Å²) in [6, 6.07) is 6.19. The van der Waals surface area contributed by atoms with Crippen LogP contribution in [0.1, 0.15) is 35.1 Å². The molecule has 0 aliphatic carbocycles. The van der Waals surface area contributed by atoms with Gasteiger partial charge in [0, 0.05) is 18.7 Å². The van der Waals surface area contributed by atoms with Gasteiger partial charge in [-0.3, -0.25) is 4.79 Å². The summed E-state index contributed by atoms with van der Waals surface area (Å²) < 4.78 is 15.3. The summed E-state index contributed by atoms with van der Waals surface area (Å²) >= 11 is 0. The predicted molar refractivity (Wildman–Crippen MR) is 74.2 cm³/mol. The number of hydrogen-bond donors (Lipinski definition) is 2. The van der Waals surface area contributed by atoms with Crippen LogP contribution < -0.4 is 10.6 Å². The lowest BCUT2D eigenvalue weighted by molar-refractivity contribution is 0.0934. The summed E-state index contributed by atoms with van der Waals surface area (Å²) in [4.78, 5) is 12.1. The summed E-state index contributed by atoms with van der Waals surface area (Å²) in [7, 11) is 0. The van der Waals surface area contributed by atoms with Gasteiger partial charge >= 0.3 is 0 Å². The molecule has 110 valence electrons. The Balaban J connectivity index is 1.68. The number of aromatic nitrogens is 3. The molecule has 1 aromatic heterocycles. The second kappa shape index (κ2) is 5.61. The fourth-order valence-electron chi connectivity index (χ4n) is 2.19. The highest BCUT2D eigenvalue weighted by molar-refractivity contribution is 5.92. The van der Waals surface area contributed by atoms with Gasteiger partial charge in [-0.1, -0.05) is 23.4 Å². The van der Waals surface area contributed by atoms with Crippen molar-refractivity contribution in [3.05, 3.63) is 47.5 Å². The van der Waals surface area contributed by atoms with Crippen molar-refractivity contribution in [2.45, 2.75) is 19.0 Å². The first-order valence-electron chi connectivity index (χ1n) is 6.83. The lowest BCUT2D eigenvalue weighted by atomic mass is 10.1. The molecule has 0 radical (unpaired) electrons. The van der Waals surface area contributed by atoms with Crippen LogP contribution >= 0.6 is 0 Å². The number of carbonyl (C=O) groups is 1. The molecule has 21 heavy (non-hydrogen) atoms. The average Bonchev–Trinajstić information content (AvgIpc) is 2.86. The number of benzene rings is 1. The highest BCUT2D eigenvalue weighted by atomic mass is 19.1. The largest absolute Gasteiger partial charge is 0.344 e. The SMILES string of the molecule is CC(NC(=O)c1cn(C2CNC2)nn1)c1ccccc1F. The van der Waals surface area contributed by atoms with Crippen molar-refractivity contribution in [2.24, 2.45) is 0 Å². The van der Waals surface area contributed by atoms with E-state index >= 15 is 0 Å². The van der Waals surface area contributed by atoms with E-state index in [0.717, 1.165) is 13.1 Å². The topological polar surface area (TPSA) is 71.8 Å². The number of rotatable bonds is 4. The van der Waals surface area contributed by atoms with Crippen LogP contribution in [0.4, 0.5) is 4.39 Å². The number of nitrogens with one attached hydrogen (secondary N) is 2. The zero-order valence-corrected chi connectivity index (χ0v) is 11.6. The molecule has 0 saturated carbocycles. The number of amides is 1. The Labute approximate surface area is 121 Å². The molecule has 2 N–H and O–H groups in total. The molecule has 1 amide bonds. The van der Waals surface area contributed by atoms with Crippen molar-refractivity contribution >= 4 is 5.91 Å². The Kier molecular flexibility index (Phi) is 3.66. The van der Waals surface area contributed by atoms with E-state index < -0.39 is 6.04 Å². The van der Waals surface area contributed by atoms with Gasteiger partial charge in [0.2, 0.25) is 0 Å². The van der Waals surface area contributed by atoms with E-state index in [1.165, 1.54) is 6.07 Å². The second-order valence-corrected chi connectivity index (χ2v) is 5.11. The van der Waals surface area contributed by atoms with Crippen LogP contribution in [0.25, 0.3) is 0 Å². The van der Waals surface area contributed by atoms with Gasteiger partial charge in [-0.25, -0.2) is 9.07 Å². The Hall–Kier alpha value is -2.28. The third-order valence-electron chi connectivity index (χ3n) is 3.60. The van der Waals surface area contributed by atoms with E-state index in [-0.39, 0.29) is 23.5 Å². The summed E-state index contributed by atoms with van der Waals surface area (Å²) in [5, 5.41) is 13.7. The molecule has 2 heterocycles. The molecule has 1 aliphatic rings. The van der Waals surface area contributed by atoms with Gasteiger partial charge in [0.15, 0.2) is 5.69 Å². The molecule has 1 aromatic carbocycles. The van der Waals surface area contributed by atoms with Crippen LogP contribution in [0, 0.1) is 5.82 Å². The number of hydrogen-bond acceptors (Lipinski definition) is 4. The first kappa shape index (κ1) is 13.7. The van der Waals surface area contributed by atoms with Gasteiger partial charge in [-0.05, 0) is 13.0 Å². The zero-order chi connectivity index (χ0) is 14.8. The molecule has 6 nitrogen and oxygen atoms in total. The Morgan fingerprint density at radius 3 is 2.90 bits per heavy atom. The Morgan fingerprint density at radius 2 is 2.24 bits per heavy atom. The zero-order valence-electron chi connectivity index (χ0n) is 11.6. The van der Waals surface area contributed by atoms with E-state index in [2.05, 4.69) is 20.9 Å².